The molecule has 1 aromatic carbocycles. The molecule has 0 bridgehead atoms. The molecule has 1 aromatic rings. The summed E-state index contributed by atoms with van der Waals surface area (Å²) in [5.41, 5.74) is 1.20. The minimum absolute atomic E-state index is 0.309. The van der Waals surface area contributed by atoms with Crippen LogP contribution >= 0.6 is 11.6 Å². The van der Waals surface area contributed by atoms with Crippen LogP contribution in [-0.4, -0.2) is 6.29 Å². The molecule has 0 N–H and O–H groups in total. The summed E-state index contributed by atoms with van der Waals surface area (Å²) >= 11 is 5.89. The van der Waals surface area contributed by atoms with Gasteiger partial charge in [-0.2, -0.15) is 5.26 Å². The largest absolute Gasteiger partial charge is 0.298 e. The molecule has 0 aromatic heterocycles. The van der Waals surface area contributed by atoms with E-state index in [1.165, 1.54) is 0 Å². The number of carbonyl (C=O) groups is 1. The number of halogens is 1. The van der Waals surface area contributed by atoms with E-state index in [1.54, 1.807) is 30.4 Å². The lowest BCUT2D eigenvalue weighted by Crippen LogP contribution is -1.86. The SMILES string of the molecule is N#CCC=Cc1c(Cl)cccc1C=O. The average Bonchev–Trinajstić information content (AvgIpc) is 2.20. The monoisotopic (exact) mass is 205 g/mol. The van der Waals surface area contributed by atoms with Crippen molar-refractivity contribution in [2.75, 3.05) is 0 Å². The third-order valence-electron chi connectivity index (χ3n) is 1.71. The highest BCUT2D eigenvalue weighted by Crippen LogP contribution is 2.20. The number of rotatable bonds is 3. The van der Waals surface area contributed by atoms with Gasteiger partial charge in [0.2, 0.25) is 0 Å². The van der Waals surface area contributed by atoms with Crippen LogP contribution in [0.3, 0.4) is 0 Å². The van der Waals surface area contributed by atoms with Gasteiger partial charge in [-0.25, -0.2) is 0 Å². The van der Waals surface area contributed by atoms with Gasteiger partial charge in [0, 0.05) is 16.1 Å². The van der Waals surface area contributed by atoms with Gasteiger partial charge in [-0.1, -0.05) is 35.9 Å². The minimum Gasteiger partial charge on any atom is -0.298 e. The quantitative estimate of drug-likeness (QED) is 0.712. The average molecular weight is 206 g/mol. The molecule has 0 saturated carbocycles. The second-order valence-corrected chi connectivity index (χ2v) is 3.03. The highest BCUT2D eigenvalue weighted by atomic mass is 35.5. The first-order valence-electron chi connectivity index (χ1n) is 4.06. The van der Waals surface area contributed by atoms with E-state index in [0.29, 0.717) is 22.6 Å². The topological polar surface area (TPSA) is 40.9 Å². The zero-order chi connectivity index (χ0) is 10.4. The number of carbonyl (C=O) groups excluding carboxylic acids is 1. The smallest absolute Gasteiger partial charge is 0.150 e. The lowest BCUT2D eigenvalue weighted by Gasteiger charge is -2.00. The van der Waals surface area contributed by atoms with Crippen molar-refractivity contribution in [2.24, 2.45) is 0 Å². The molecule has 14 heavy (non-hydrogen) atoms. The van der Waals surface area contributed by atoms with Crippen molar-refractivity contribution in [3.63, 3.8) is 0 Å². The molecule has 0 aliphatic rings. The molecule has 3 heteroatoms. The fourth-order valence-corrected chi connectivity index (χ4v) is 1.31. The van der Waals surface area contributed by atoms with Crippen LogP contribution in [0.25, 0.3) is 6.08 Å². The van der Waals surface area contributed by atoms with Crippen LogP contribution in [0.4, 0.5) is 0 Å². The zero-order valence-electron chi connectivity index (χ0n) is 7.40. The zero-order valence-corrected chi connectivity index (χ0v) is 8.16. The molecule has 70 valence electrons. The fourth-order valence-electron chi connectivity index (χ4n) is 1.06. The van der Waals surface area contributed by atoms with Crippen molar-refractivity contribution >= 4 is 24.0 Å². The van der Waals surface area contributed by atoms with Crippen molar-refractivity contribution in [2.45, 2.75) is 6.42 Å². The summed E-state index contributed by atoms with van der Waals surface area (Å²) < 4.78 is 0. The second kappa shape index (κ2) is 5.21. The first-order chi connectivity index (χ1) is 6.79. The Labute approximate surface area is 87.4 Å². The van der Waals surface area contributed by atoms with Gasteiger partial charge in [-0.3, -0.25) is 4.79 Å². The first kappa shape index (κ1) is 10.5. The van der Waals surface area contributed by atoms with Gasteiger partial charge in [0.1, 0.15) is 0 Å². The second-order valence-electron chi connectivity index (χ2n) is 2.63. The van der Waals surface area contributed by atoms with Crippen molar-refractivity contribution < 1.29 is 4.79 Å². The van der Waals surface area contributed by atoms with Crippen LogP contribution in [0.15, 0.2) is 24.3 Å². The molecule has 0 fully saturated rings. The Morgan fingerprint density at radius 2 is 2.29 bits per heavy atom. The van der Waals surface area contributed by atoms with E-state index in [-0.39, 0.29) is 0 Å². The van der Waals surface area contributed by atoms with Gasteiger partial charge in [-0.05, 0) is 6.07 Å². The van der Waals surface area contributed by atoms with Gasteiger partial charge in [0.25, 0.3) is 0 Å². The maximum atomic E-state index is 10.7. The molecule has 1 rings (SSSR count). The summed E-state index contributed by atoms with van der Waals surface area (Å²) in [6.45, 7) is 0. The highest BCUT2D eigenvalue weighted by molar-refractivity contribution is 6.32. The Hall–Kier alpha value is -1.59. The number of aldehydes is 1. The van der Waals surface area contributed by atoms with E-state index < -0.39 is 0 Å². The standard InChI is InChI=1S/C11H8ClNO/c12-11-6-3-4-9(8-14)10(11)5-1-2-7-13/h1,3-6,8H,2H2. The van der Waals surface area contributed by atoms with E-state index in [9.17, 15) is 4.79 Å². The van der Waals surface area contributed by atoms with E-state index in [0.717, 1.165) is 6.29 Å². The van der Waals surface area contributed by atoms with Crippen molar-refractivity contribution in [3.05, 3.63) is 40.4 Å². The van der Waals surface area contributed by atoms with Crippen LogP contribution in [0, 0.1) is 11.3 Å². The molecular weight excluding hydrogens is 198 g/mol. The maximum absolute atomic E-state index is 10.7. The fraction of sp³-hybridized carbons (Fsp3) is 0.0909. The number of benzene rings is 1. The van der Waals surface area contributed by atoms with E-state index in [2.05, 4.69) is 0 Å². The minimum atomic E-state index is 0.309. The van der Waals surface area contributed by atoms with Gasteiger partial charge in [0.05, 0.1) is 12.5 Å². The van der Waals surface area contributed by atoms with Gasteiger partial charge in [-0.15, -0.1) is 0 Å². The summed E-state index contributed by atoms with van der Waals surface area (Å²) in [4.78, 5) is 10.7. The molecule has 0 unspecified atom stereocenters. The summed E-state index contributed by atoms with van der Waals surface area (Å²) in [5.74, 6) is 0. The van der Waals surface area contributed by atoms with Crippen molar-refractivity contribution in [1.29, 1.82) is 5.26 Å². The Morgan fingerprint density at radius 3 is 2.93 bits per heavy atom. The van der Waals surface area contributed by atoms with Crippen molar-refractivity contribution in [3.8, 4) is 6.07 Å². The molecule has 0 atom stereocenters. The summed E-state index contributed by atoms with van der Waals surface area (Å²) in [6, 6.07) is 7.09. The number of nitrogens with zero attached hydrogens (tertiary/aromatic N) is 1. The van der Waals surface area contributed by atoms with E-state index >= 15 is 0 Å². The van der Waals surface area contributed by atoms with Crippen LogP contribution in [0.5, 0.6) is 0 Å². The first-order valence-corrected chi connectivity index (χ1v) is 4.44. The molecule has 0 radical (unpaired) electrons. The number of hydrogen-bond donors (Lipinski definition) is 0. The number of allylic oxidation sites excluding steroid dienone is 1. The van der Waals surface area contributed by atoms with E-state index in [4.69, 9.17) is 16.9 Å². The summed E-state index contributed by atoms with van der Waals surface area (Å²) in [5, 5.41) is 8.85. The molecular formula is C11H8ClNO. The molecule has 0 spiro atoms. The van der Waals surface area contributed by atoms with Gasteiger partial charge >= 0.3 is 0 Å². The van der Waals surface area contributed by atoms with Gasteiger partial charge < -0.3 is 0 Å². The Morgan fingerprint density at radius 1 is 1.50 bits per heavy atom. The Balaban J connectivity index is 3.06. The van der Waals surface area contributed by atoms with Gasteiger partial charge in [0.15, 0.2) is 6.29 Å². The van der Waals surface area contributed by atoms with Crippen molar-refractivity contribution in [1.82, 2.24) is 0 Å². The lowest BCUT2D eigenvalue weighted by atomic mass is 10.1. The number of nitriles is 1. The molecule has 0 amide bonds. The Kier molecular flexibility index (Phi) is 3.90. The van der Waals surface area contributed by atoms with Crippen LogP contribution < -0.4 is 0 Å². The predicted octanol–water partition coefficient (Wildman–Crippen LogP) is 3.08. The normalized spacial score (nSPS) is 10.0. The van der Waals surface area contributed by atoms with Crippen LogP contribution in [0.2, 0.25) is 5.02 Å². The molecule has 0 aliphatic carbocycles. The molecule has 2 nitrogen and oxygen atoms in total. The van der Waals surface area contributed by atoms with Crippen LogP contribution in [0.1, 0.15) is 22.3 Å². The third-order valence-corrected chi connectivity index (χ3v) is 2.04. The highest BCUT2D eigenvalue weighted by Gasteiger charge is 2.01. The Bertz CT molecular complexity index is 404. The summed E-state index contributed by atoms with van der Waals surface area (Å²) in [6.07, 6.45) is 4.42. The lowest BCUT2D eigenvalue weighted by molar-refractivity contribution is 0.112. The molecule has 0 aliphatic heterocycles. The number of hydrogen-bond acceptors (Lipinski definition) is 2. The molecule has 0 heterocycles. The predicted molar refractivity (Wildman–Crippen MR) is 56.1 cm³/mol. The van der Waals surface area contributed by atoms with E-state index in [1.807, 2.05) is 6.07 Å². The maximum Gasteiger partial charge on any atom is 0.150 e. The summed E-state index contributed by atoms with van der Waals surface area (Å²) in [7, 11) is 0. The third kappa shape index (κ3) is 2.45. The molecule has 0 saturated heterocycles. The van der Waals surface area contributed by atoms with Crippen LogP contribution in [-0.2, 0) is 0 Å².